The molecule has 17 heavy (non-hydrogen) atoms. The van der Waals surface area contributed by atoms with Crippen molar-refractivity contribution in [1.29, 1.82) is 0 Å². The van der Waals surface area contributed by atoms with Crippen LogP contribution in [0.25, 0.3) is 0 Å². The molecule has 0 bridgehead atoms. The maximum atomic E-state index is 9.56. The third kappa shape index (κ3) is 2.81. The molecule has 0 aliphatic carbocycles. The van der Waals surface area contributed by atoms with E-state index in [9.17, 15) is 5.11 Å². The van der Waals surface area contributed by atoms with Gasteiger partial charge in [-0.2, -0.15) is 0 Å². The molecule has 94 valence electrons. The fourth-order valence-corrected chi connectivity index (χ4v) is 2.84. The second kappa shape index (κ2) is 5.09. The van der Waals surface area contributed by atoms with Crippen LogP contribution in [0.2, 0.25) is 0 Å². The minimum atomic E-state index is 0.368. The number of phenols is 1. The van der Waals surface area contributed by atoms with E-state index in [1.165, 1.54) is 18.4 Å². The molecule has 1 aliphatic rings. The number of rotatable bonds is 2. The van der Waals surface area contributed by atoms with Crippen LogP contribution in [0, 0.1) is 5.92 Å². The number of phenolic OH excluding ortho intramolecular Hbond substituents is 1. The molecular weight excluding hydrogens is 210 g/mol. The van der Waals surface area contributed by atoms with Gasteiger partial charge in [0.25, 0.3) is 0 Å². The zero-order valence-corrected chi connectivity index (χ0v) is 11.1. The lowest BCUT2D eigenvalue weighted by molar-refractivity contribution is 0.0844. The molecule has 1 N–H and O–H groups in total. The Hall–Kier alpha value is -1.02. The minimum Gasteiger partial charge on any atom is -0.508 e. The molecule has 1 heterocycles. The summed E-state index contributed by atoms with van der Waals surface area (Å²) in [5.74, 6) is 1.15. The van der Waals surface area contributed by atoms with Crippen LogP contribution in [0.3, 0.4) is 0 Å². The summed E-state index contributed by atoms with van der Waals surface area (Å²) in [6, 6.07) is 8.69. The number of benzene rings is 1. The summed E-state index contributed by atoms with van der Waals surface area (Å²) >= 11 is 0. The Morgan fingerprint density at radius 2 is 2.06 bits per heavy atom. The van der Waals surface area contributed by atoms with Gasteiger partial charge in [0.1, 0.15) is 5.75 Å². The average molecular weight is 233 g/mol. The van der Waals surface area contributed by atoms with Crippen molar-refractivity contribution in [2.75, 3.05) is 6.54 Å². The zero-order valence-electron chi connectivity index (χ0n) is 11.1. The molecule has 0 radical (unpaired) electrons. The normalized spacial score (nSPS) is 27.9. The monoisotopic (exact) mass is 233 g/mol. The summed E-state index contributed by atoms with van der Waals surface area (Å²) in [5, 5.41) is 9.56. The van der Waals surface area contributed by atoms with Gasteiger partial charge in [0.2, 0.25) is 0 Å². The molecule has 1 aromatic carbocycles. The number of aromatic hydroxyl groups is 1. The molecule has 2 heteroatoms. The molecule has 3 atom stereocenters. The van der Waals surface area contributed by atoms with E-state index in [0.717, 1.165) is 12.5 Å². The minimum absolute atomic E-state index is 0.368. The fraction of sp³-hybridized carbons (Fsp3) is 0.600. The molecular formula is C15H23NO. The fourth-order valence-electron chi connectivity index (χ4n) is 2.84. The van der Waals surface area contributed by atoms with Crippen molar-refractivity contribution in [3.05, 3.63) is 29.8 Å². The number of nitrogens with zero attached hydrogens (tertiary/aromatic N) is 1. The van der Waals surface area contributed by atoms with E-state index in [1.54, 1.807) is 6.07 Å². The molecule has 3 unspecified atom stereocenters. The van der Waals surface area contributed by atoms with Gasteiger partial charge in [-0.15, -0.1) is 0 Å². The highest BCUT2D eigenvalue weighted by atomic mass is 16.3. The van der Waals surface area contributed by atoms with E-state index >= 15 is 0 Å². The topological polar surface area (TPSA) is 23.5 Å². The Kier molecular flexibility index (Phi) is 3.72. The molecule has 2 rings (SSSR count). The van der Waals surface area contributed by atoms with Gasteiger partial charge in [-0.25, -0.2) is 0 Å². The smallest absolute Gasteiger partial charge is 0.115 e. The molecule has 0 saturated carbocycles. The molecule has 0 spiro atoms. The summed E-state index contributed by atoms with van der Waals surface area (Å²) < 4.78 is 0. The Balaban J connectivity index is 2.15. The molecule has 1 aromatic rings. The van der Waals surface area contributed by atoms with Crippen molar-refractivity contribution in [3.8, 4) is 5.75 Å². The third-order valence-corrected chi connectivity index (χ3v) is 4.02. The number of hydrogen-bond donors (Lipinski definition) is 1. The zero-order chi connectivity index (χ0) is 12.4. The van der Waals surface area contributed by atoms with Crippen molar-refractivity contribution in [1.82, 2.24) is 4.90 Å². The average Bonchev–Trinajstić information content (AvgIpc) is 2.31. The highest BCUT2D eigenvalue weighted by Gasteiger charge is 2.27. The van der Waals surface area contributed by atoms with Crippen LogP contribution < -0.4 is 0 Å². The summed E-state index contributed by atoms with van der Waals surface area (Å²) in [4.78, 5) is 2.56. The van der Waals surface area contributed by atoms with Gasteiger partial charge >= 0.3 is 0 Å². The number of piperidine rings is 1. The third-order valence-electron chi connectivity index (χ3n) is 4.02. The standard InChI is InChI=1S/C15H23NO/c1-11-7-8-12(2)16(10-11)13(3)14-5-4-6-15(17)9-14/h4-6,9,11-13,17H,7-8,10H2,1-3H3. The van der Waals surface area contributed by atoms with Crippen molar-refractivity contribution in [2.24, 2.45) is 5.92 Å². The predicted octanol–water partition coefficient (Wildman–Crippen LogP) is 3.57. The van der Waals surface area contributed by atoms with Crippen LogP contribution in [0.5, 0.6) is 5.75 Å². The lowest BCUT2D eigenvalue weighted by atomic mass is 9.92. The molecule has 1 saturated heterocycles. The van der Waals surface area contributed by atoms with Gasteiger partial charge in [0, 0.05) is 18.6 Å². The van der Waals surface area contributed by atoms with Crippen LogP contribution in [0.4, 0.5) is 0 Å². The lowest BCUT2D eigenvalue weighted by Crippen LogP contribution is -2.42. The molecule has 1 aliphatic heterocycles. The highest BCUT2D eigenvalue weighted by molar-refractivity contribution is 5.29. The first kappa shape index (κ1) is 12.4. The SMILES string of the molecule is CC1CCC(C)N(C(C)c2cccc(O)c2)C1. The summed E-state index contributed by atoms with van der Waals surface area (Å²) in [7, 11) is 0. The number of hydrogen-bond acceptors (Lipinski definition) is 2. The maximum Gasteiger partial charge on any atom is 0.115 e. The van der Waals surface area contributed by atoms with Gasteiger partial charge in [-0.05, 0) is 50.3 Å². The van der Waals surface area contributed by atoms with Gasteiger partial charge in [0.15, 0.2) is 0 Å². The lowest BCUT2D eigenvalue weighted by Gasteiger charge is -2.41. The number of likely N-dealkylation sites (tertiary alicyclic amines) is 1. The molecule has 0 amide bonds. The van der Waals surface area contributed by atoms with Gasteiger partial charge in [0.05, 0.1) is 0 Å². The molecule has 1 fully saturated rings. The van der Waals surface area contributed by atoms with E-state index in [4.69, 9.17) is 0 Å². The highest BCUT2D eigenvalue weighted by Crippen LogP contribution is 2.31. The van der Waals surface area contributed by atoms with Crippen LogP contribution in [0.1, 0.15) is 45.2 Å². The Labute approximate surface area is 104 Å². The second-order valence-electron chi connectivity index (χ2n) is 5.50. The van der Waals surface area contributed by atoms with E-state index in [1.807, 2.05) is 12.1 Å². The Morgan fingerprint density at radius 3 is 2.76 bits per heavy atom. The van der Waals surface area contributed by atoms with Crippen molar-refractivity contribution >= 4 is 0 Å². The van der Waals surface area contributed by atoms with Gasteiger partial charge in [-0.1, -0.05) is 19.1 Å². The van der Waals surface area contributed by atoms with Crippen LogP contribution in [-0.2, 0) is 0 Å². The Bertz CT molecular complexity index is 377. The van der Waals surface area contributed by atoms with Crippen molar-refractivity contribution < 1.29 is 5.11 Å². The summed E-state index contributed by atoms with van der Waals surface area (Å²) in [6.45, 7) is 8.04. The van der Waals surface area contributed by atoms with E-state index in [0.29, 0.717) is 17.8 Å². The quantitative estimate of drug-likeness (QED) is 0.844. The van der Waals surface area contributed by atoms with Crippen LogP contribution >= 0.6 is 0 Å². The summed E-state index contributed by atoms with van der Waals surface area (Å²) in [5.41, 5.74) is 1.21. The first-order valence-electron chi connectivity index (χ1n) is 6.62. The summed E-state index contributed by atoms with van der Waals surface area (Å²) in [6.07, 6.45) is 2.62. The van der Waals surface area contributed by atoms with E-state index in [2.05, 4.69) is 31.7 Å². The largest absolute Gasteiger partial charge is 0.508 e. The van der Waals surface area contributed by atoms with Crippen molar-refractivity contribution in [2.45, 2.75) is 45.7 Å². The first-order chi connectivity index (χ1) is 8.08. The van der Waals surface area contributed by atoms with E-state index in [-0.39, 0.29) is 0 Å². The van der Waals surface area contributed by atoms with E-state index < -0.39 is 0 Å². The molecule has 2 nitrogen and oxygen atoms in total. The Morgan fingerprint density at radius 1 is 1.29 bits per heavy atom. The van der Waals surface area contributed by atoms with Crippen molar-refractivity contribution in [3.63, 3.8) is 0 Å². The van der Waals surface area contributed by atoms with Crippen LogP contribution in [-0.4, -0.2) is 22.6 Å². The van der Waals surface area contributed by atoms with Gasteiger partial charge < -0.3 is 5.11 Å². The predicted molar refractivity (Wildman–Crippen MR) is 71.1 cm³/mol. The second-order valence-corrected chi connectivity index (χ2v) is 5.50. The molecule has 0 aromatic heterocycles. The first-order valence-corrected chi connectivity index (χ1v) is 6.62. The van der Waals surface area contributed by atoms with Crippen LogP contribution in [0.15, 0.2) is 24.3 Å². The van der Waals surface area contributed by atoms with Gasteiger partial charge in [-0.3, -0.25) is 4.90 Å². The maximum absolute atomic E-state index is 9.56.